The monoisotopic (exact) mass is 355 g/mol. The minimum Gasteiger partial charge on any atom is -0.497 e. The van der Waals surface area contributed by atoms with Gasteiger partial charge in [0, 0.05) is 17.1 Å². The number of benzene rings is 1. The number of imidazole rings is 1. The number of aromatic nitrogens is 3. The topological polar surface area (TPSA) is 60.0 Å². The molecular formula is C18H19N4O2S+. The van der Waals surface area contributed by atoms with Gasteiger partial charge in [-0.15, -0.1) is 11.3 Å². The Morgan fingerprint density at radius 1 is 1.40 bits per heavy atom. The number of rotatable bonds is 5. The molecule has 0 bridgehead atoms. The summed E-state index contributed by atoms with van der Waals surface area (Å²) in [5, 5.41) is 5.33. The molecule has 0 aliphatic carbocycles. The second-order valence-electron chi connectivity index (χ2n) is 5.93. The minimum absolute atomic E-state index is 0.0541. The number of hydrogen-bond donors (Lipinski definition) is 1. The van der Waals surface area contributed by atoms with Gasteiger partial charge in [-0.3, -0.25) is 10.1 Å². The molecule has 0 radical (unpaired) electrons. The maximum Gasteiger partial charge on any atom is 0.268 e. The molecule has 3 aromatic rings. The Hall–Kier alpha value is -2.67. The number of carbonyl (C=O) groups is 1. The lowest BCUT2D eigenvalue weighted by atomic mass is 10.1. The fraction of sp³-hybridized carbons (Fsp3) is 0.278. The number of thiazole rings is 1. The molecule has 0 fully saturated rings. The van der Waals surface area contributed by atoms with Crippen molar-refractivity contribution in [2.45, 2.75) is 25.9 Å². The van der Waals surface area contributed by atoms with Crippen LogP contribution in [0.4, 0.5) is 5.13 Å². The molecule has 6 nitrogen and oxygen atoms in total. The van der Waals surface area contributed by atoms with Crippen LogP contribution in [0.25, 0.3) is 11.3 Å². The molecule has 0 atom stereocenters. The van der Waals surface area contributed by atoms with E-state index >= 15 is 0 Å². The van der Waals surface area contributed by atoms with Crippen LogP contribution in [-0.4, -0.2) is 22.6 Å². The van der Waals surface area contributed by atoms with Gasteiger partial charge >= 0.3 is 0 Å². The van der Waals surface area contributed by atoms with Gasteiger partial charge in [-0.1, -0.05) is 0 Å². The SMILES string of the molecule is COc1ccc(-c2c[n+](CC(=O)Nc3nccs3)c3n2CCC3)cc1. The third kappa shape index (κ3) is 3.15. The van der Waals surface area contributed by atoms with Crippen molar-refractivity contribution in [3.05, 3.63) is 47.9 Å². The van der Waals surface area contributed by atoms with Crippen LogP contribution in [-0.2, 0) is 24.3 Å². The summed E-state index contributed by atoms with van der Waals surface area (Å²) in [6.45, 7) is 1.28. The Bertz CT molecular complexity index is 885. The molecular weight excluding hydrogens is 336 g/mol. The lowest BCUT2D eigenvalue weighted by molar-refractivity contribution is -0.690. The molecule has 1 amide bonds. The van der Waals surface area contributed by atoms with Crippen molar-refractivity contribution in [2.75, 3.05) is 12.4 Å². The maximum atomic E-state index is 12.3. The number of nitrogens with one attached hydrogen (secondary N) is 1. The van der Waals surface area contributed by atoms with Crippen molar-refractivity contribution in [2.24, 2.45) is 0 Å². The first-order chi connectivity index (χ1) is 12.2. The number of ether oxygens (including phenoxy) is 1. The number of methoxy groups -OCH3 is 1. The van der Waals surface area contributed by atoms with E-state index in [-0.39, 0.29) is 5.91 Å². The van der Waals surface area contributed by atoms with E-state index in [1.54, 1.807) is 13.3 Å². The van der Waals surface area contributed by atoms with Crippen LogP contribution in [0.15, 0.2) is 42.0 Å². The molecule has 7 heteroatoms. The van der Waals surface area contributed by atoms with Gasteiger partial charge < -0.3 is 4.74 Å². The van der Waals surface area contributed by atoms with Crippen LogP contribution in [0.1, 0.15) is 12.2 Å². The lowest BCUT2D eigenvalue weighted by Crippen LogP contribution is -2.42. The maximum absolute atomic E-state index is 12.3. The summed E-state index contributed by atoms with van der Waals surface area (Å²) in [6, 6.07) is 8.03. The van der Waals surface area contributed by atoms with Crippen LogP contribution in [0.3, 0.4) is 0 Å². The number of fused-ring (bicyclic) bond motifs is 1. The quantitative estimate of drug-likeness (QED) is 0.716. The standard InChI is InChI=1S/C18H18N4O2S/c1-24-14-6-4-13(5-7-14)15-11-21(17-3-2-9-22(15)17)12-16(23)20-18-19-8-10-25-18/h4-8,10-11H,2-3,9,12H2,1H3/p+1. The zero-order valence-corrected chi connectivity index (χ0v) is 14.8. The predicted octanol–water partition coefficient (Wildman–Crippen LogP) is 2.49. The molecule has 4 rings (SSSR count). The van der Waals surface area contributed by atoms with E-state index < -0.39 is 0 Å². The average Bonchev–Trinajstić information content (AvgIpc) is 3.34. The van der Waals surface area contributed by atoms with Gasteiger partial charge in [0.25, 0.3) is 11.7 Å². The zero-order valence-electron chi connectivity index (χ0n) is 13.9. The number of carbonyl (C=O) groups excluding carboxylic acids is 1. The summed E-state index contributed by atoms with van der Waals surface area (Å²) in [5.74, 6) is 1.98. The minimum atomic E-state index is -0.0541. The first kappa shape index (κ1) is 15.8. The summed E-state index contributed by atoms with van der Waals surface area (Å²) in [4.78, 5) is 16.4. The van der Waals surface area contributed by atoms with E-state index in [9.17, 15) is 4.79 Å². The highest BCUT2D eigenvalue weighted by Crippen LogP contribution is 2.26. The molecule has 0 saturated heterocycles. The Morgan fingerprint density at radius 2 is 2.24 bits per heavy atom. The third-order valence-corrected chi connectivity index (χ3v) is 5.06. The molecule has 1 N–H and O–H groups in total. The van der Waals surface area contributed by atoms with Crippen molar-refractivity contribution >= 4 is 22.4 Å². The molecule has 25 heavy (non-hydrogen) atoms. The highest BCUT2D eigenvalue weighted by atomic mass is 32.1. The molecule has 128 valence electrons. The Labute approximate surface area is 149 Å². The number of hydrogen-bond acceptors (Lipinski definition) is 4. The van der Waals surface area contributed by atoms with Gasteiger partial charge in [0.2, 0.25) is 0 Å². The van der Waals surface area contributed by atoms with Crippen molar-refractivity contribution in [1.82, 2.24) is 9.55 Å². The molecule has 0 spiro atoms. The predicted molar refractivity (Wildman–Crippen MR) is 95.7 cm³/mol. The van der Waals surface area contributed by atoms with E-state index in [1.807, 2.05) is 17.5 Å². The van der Waals surface area contributed by atoms with E-state index in [0.29, 0.717) is 11.7 Å². The molecule has 1 aliphatic rings. The Morgan fingerprint density at radius 3 is 2.96 bits per heavy atom. The van der Waals surface area contributed by atoms with Gasteiger partial charge in [-0.2, -0.15) is 0 Å². The van der Waals surface area contributed by atoms with Gasteiger partial charge in [0.15, 0.2) is 17.4 Å². The summed E-state index contributed by atoms with van der Waals surface area (Å²) < 4.78 is 9.59. The van der Waals surface area contributed by atoms with Crippen molar-refractivity contribution < 1.29 is 14.1 Å². The van der Waals surface area contributed by atoms with Crippen LogP contribution in [0.2, 0.25) is 0 Å². The van der Waals surface area contributed by atoms with Crippen LogP contribution >= 0.6 is 11.3 Å². The first-order valence-corrected chi connectivity index (χ1v) is 9.08. The molecule has 1 aromatic carbocycles. The molecule has 3 heterocycles. The van der Waals surface area contributed by atoms with E-state index in [2.05, 4.69) is 37.8 Å². The summed E-state index contributed by atoms with van der Waals surface area (Å²) >= 11 is 1.42. The van der Waals surface area contributed by atoms with Gasteiger partial charge in [0.1, 0.15) is 11.9 Å². The van der Waals surface area contributed by atoms with Gasteiger partial charge in [0.05, 0.1) is 20.1 Å². The normalized spacial score (nSPS) is 12.8. The molecule has 0 unspecified atom stereocenters. The second kappa shape index (κ2) is 6.68. The Balaban J connectivity index is 1.60. The van der Waals surface area contributed by atoms with Crippen LogP contribution in [0.5, 0.6) is 5.75 Å². The van der Waals surface area contributed by atoms with E-state index in [0.717, 1.165) is 36.4 Å². The fourth-order valence-corrected chi connectivity index (χ4v) is 3.78. The van der Waals surface area contributed by atoms with Gasteiger partial charge in [-0.05, 0) is 30.7 Å². The first-order valence-electron chi connectivity index (χ1n) is 8.20. The number of anilines is 1. The van der Waals surface area contributed by atoms with Gasteiger partial charge in [-0.25, -0.2) is 14.1 Å². The highest BCUT2D eigenvalue weighted by molar-refractivity contribution is 7.13. The fourth-order valence-electron chi connectivity index (χ4n) is 3.24. The average molecular weight is 355 g/mol. The van der Waals surface area contributed by atoms with Crippen LogP contribution in [0, 0.1) is 0 Å². The van der Waals surface area contributed by atoms with E-state index in [1.165, 1.54) is 17.2 Å². The molecule has 0 saturated carbocycles. The summed E-state index contributed by atoms with van der Waals surface area (Å²) in [5.41, 5.74) is 2.26. The number of amides is 1. The summed E-state index contributed by atoms with van der Waals surface area (Å²) in [7, 11) is 1.67. The molecule has 2 aromatic heterocycles. The highest BCUT2D eigenvalue weighted by Gasteiger charge is 2.29. The third-order valence-electron chi connectivity index (χ3n) is 4.37. The second-order valence-corrected chi connectivity index (χ2v) is 6.82. The van der Waals surface area contributed by atoms with E-state index in [4.69, 9.17) is 4.74 Å². The molecule has 1 aliphatic heterocycles. The smallest absolute Gasteiger partial charge is 0.268 e. The zero-order chi connectivity index (χ0) is 17.2. The number of nitrogens with zero attached hydrogens (tertiary/aromatic N) is 3. The largest absolute Gasteiger partial charge is 0.497 e. The van der Waals surface area contributed by atoms with Crippen molar-refractivity contribution in [1.29, 1.82) is 0 Å². The Kier molecular flexibility index (Phi) is 4.23. The van der Waals surface area contributed by atoms with Crippen LogP contribution < -0.4 is 14.6 Å². The lowest BCUT2D eigenvalue weighted by Gasteiger charge is -2.01. The van der Waals surface area contributed by atoms with Crippen molar-refractivity contribution in [3.63, 3.8) is 0 Å². The summed E-state index contributed by atoms with van der Waals surface area (Å²) in [6.07, 6.45) is 5.84. The van der Waals surface area contributed by atoms with Crippen molar-refractivity contribution in [3.8, 4) is 17.0 Å².